The first-order valence-electron chi connectivity index (χ1n) is 10.5. The summed E-state index contributed by atoms with van der Waals surface area (Å²) in [6, 6.07) is 7.17. The largest absolute Gasteiger partial charge is 0.495 e. The number of hydrogen-bond acceptors (Lipinski definition) is 5. The molecule has 0 amide bonds. The summed E-state index contributed by atoms with van der Waals surface area (Å²) < 4.78 is 33.3. The quantitative estimate of drug-likeness (QED) is 0.607. The van der Waals surface area contributed by atoms with Crippen LogP contribution in [0.5, 0.6) is 5.75 Å². The maximum absolute atomic E-state index is 13.9. The molecule has 0 aliphatic carbocycles. The number of nitrogens with zero attached hydrogens (tertiary/aromatic N) is 1. The zero-order valence-corrected chi connectivity index (χ0v) is 19.0. The smallest absolute Gasteiger partial charge is 0.161 e. The van der Waals surface area contributed by atoms with Crippen LogP contribution in [0.3, 0.4) is 0 Å². The molecular formula is C25H30F2N2O3. The molecule has 0 aromatic heterocycles. The first-order chi connectivity index (χ1) is 15.3. The Morgan fingerprint density at radius 3 is 2.38 bits per heavy atom. The third-order valence-electron chi connectivity index (χ3n) is 4.80. The molecule has 1 aliphatic rings. The average Bonchev–Trinajstić information content (AvgIpc) is 2.75. The van der Waals surface area contributed by atoms with Gasteiger partial charge in [0, 0.05) is 42.1 Å². The summed E-state index contributed by atoms with van der Waals surface area (Å²) in [4.78, 5) is 13.8. The number of allylic oxidation sites excluding steroid dienone is 2. The second-order valence-electron chi connectivity index (χ2n) is 7.33. The highest BCUT2D eigenvalue weighted by atomic mass is 19.1. The number of ether oxygens (including phenoxy) is 1. The Balaban J connectivity index is 0.00000114. The molecule has 1 aliphatic heterocycles. The maximum atomic E-state index is 13.9. The molecule has 0 saturated carbocycles. The van der Waals surface area contributed by atoms with Crippen LogP contribution in [0.1, 0.15) is 38.3 Å². The normalized spacial score (nSPS) is 12.4. The van der Waals surface area contributed by atoms with E-state index in [1.165, 1.54) is 38.7 Å². The van der Waals surface area contributed by atoms with Gasteiger partial charge in [0.15, 0.2) is 5.78 Å². The van der Waals surface area contributed by atoms with Gasteiger partial charge in [-0.15, -0.1) is 0 Å². The van der Waals surface area contributed by atoms with E-state index < -0.39 is 11.6 Å². The fourth-order valence-electron chi connectivity index (χ4n) is 3.28. The van der Waals surface area contributed by atoms with Crippen LogP contribution in [0.4, 0.5) is 20.2 Å². The van der Waals surface area contributed by atoms with Crippen molar-refractivity contribution in [2.45, 2.75) is 33.7 Å². The third-order valence-corrected chi connectivity index (χ3v) is 4.80. The Labute approximate surface area is 188 Å². The summed E-state index contributed by atoms with van der Waals surface area (Å²) in [5.41, 5.74) is 2.77. The monoisotopic (exact) mass is 444 g/mol. The topological polar surface area (TPSA) is 61.8 Å². The van der Waals surface area contributed by atoms with Crippen molar-refractivity contribution in [3.05, 3.63) is 71.4 Å². The molecule has 0 bridgehead atoms. The number of methoxy groups -OCH3 is 1. The summed E-state index contributed by atoms with van der Waals surface area (Å²) >= 11 is 0. The van der Waals surface area contributed by atoms with Gasteiger partial charge in [-0.1, -0.05) is 32.9 Å². The van der Waals surface area contributed by atoms with Gasteiger partial charge in [0.05, 0.1) is 25.1 Å². The van der Waals surface area contributed by atoms with E-state index in [2.05, 4.69) is 25.7 Å². The number of aliphatic hydroxyl groups excluding tert-OH is 1. The molecule has 0 atom stereocenters. The van der Waals surface area contributed by atoms with Crippen molar-refractivity contribution in [3.63, 3.8) is 0 Å². The predicted molar refractivity (Wildman–Crippen MR) is 125 cm³/mol. The van der Waals surface area contributed by atoms with Crippen molar-refractivity contribution in [2.24, 2.45) is 0 Å². The van der Waals surface area contributed by atoms with Crippen molar-refractivity contribution >= 4 is 22.7 Å². The minimum Gasteiger partial charge on any atom is -0.495 e. The Morgan fingerprint density at radius 2 is 1.84 bits per heavy atom. The van der Waals surface area contributed by atoms with Gasteiger partial charge in [-0.05, 0) is 30.7 Å². The molecular weight excluding hydrogens is 414 g/mol. The standard InChI is InChI=1S/C22H22F2N2O3.C3H8/c1-13-15-9-20(25-11-16-18(23)5-4-6-19(16)24)22(29-3)10-21(15)26(7-8-27)12-17(13)14(2)28;1-3-2/h4-6,9-10,12,25,27H,1,7-8,11H2,2-3H3;3H2,1-2H3. The molecule has 172 valence electrons. The highest BCUT2D eigenvalue weighted by Crippen LogP contribution is 2.42. The van der Waals surface area contributed by atoms with E-state index in [0.717, 1.165) is 0 Å². The number of anilines is 2. The molecule has 3 rings (SSSR count). The number of fused-ring (bicyclic) bond motifs is 1. The van der Waals surface area contributed by atoms with Gasteiger partial charge in [-0.2, -0.15) is 0 Å². The van der Waals surface area contributed by atoms with Crippen LogP contribution in [-0.4, -0.2) is 31.2 Å². The molecule has 2 N–H and O–H groups in total. The molecule has 0 radical (unpaired) electrons. The van der Waals surface area contributed by atoms with E-state index in [1.807, 2.05) is 0 Å². The number of benzene rings is 2. The van der Waals surface area contributed by atoms with Crippen molar-refractivity contribution < 1.29 is 23.4 Å². The fourth-order valence-corrected chi connectivity index (χ4v) is 3.28. The lowest BCUT2D eigenvalue weighted by Gasteiger charge is -2.31. The third kappa shape index (κ3) is 5.53. The molecule has 0 saturated heterocycles. The number of carbonyl (C=O) groups excluding carboxylic acids is 1. The van der Waals surface area contributed by atoms with Crippen LogP contribution < -0.4 is 15.0 Å². The number of hydrogen-bond donors (Lipinski definition) is 2. The molecule has 0 unspecified atom stereocenters. The van der Waals surface area contributed by atoms with E-state index in [9.17, 15) is 18.7 Å². The Hall–Kier alpha value is -3.19. The summed E-state index contributed by atoms with van der Waals surface area (Å²) in [6.45, 7) is 9.82. The van der Waals surface area contributed by atoms with Crippen LogP contribution in [0.25, 0.3) is 5.57 Å². The van der Waals surface area contributed by atoms with Gasteiger partial charge in [-0.3, -0.25) is 4.79 Å². The number of halogens is 2. The molecule has 0 fully saturated rings. The summed E-state index contributed by atoms with van der Waals surface area (Å²) in [5.74, 6) is -0.984. The highest BCUT2D eigenvalue weighted by Gasteiger charge is 2.25. The predicted octanol–water partition coefficient (Wildman–Crippen LogP) is 5.30. The lowest BCUT2D eigenvalue weighted by atomic mass is 9.91. The number of Topliss-reactive ketones (excluding diaryl/α,β-unsaturated/α-hetero) is 1. The van der Waals surface area contributed by atoms with Crippen LogP contribution in [0.15, 0.2) is 48.7 Å². The highest BCUT2D eigenvalue weighted by molar-refractivity contribution is 6.12. The number of rotatable bonds is 7. The number of carbonyl (C=O) groups is 1. The van der Waals surface area contributed by atoms with Gasteiger partial charge in [0.25, 0.3) is 0 Å². The van der Waals surface area contributed by atoms with Crippen molar-refractivity contribution in [1.82, 2.24) is 0 Å². The van der Waals surface area contributed by atoms with Crippen LogP contribution in [0, 0.1) is 11.6 Å². The van der Waals surface area contributed by atoms with Gasteiger partial charge in [0.2, 0.25) is 0 Å². The number of aliphatic hydroxyl groups is 1. The number of ketones is 1. The molecule has 0 spiro atoms. The summed E-state index contributed by atoms with van der Waals surface area (Å²) in [7, 11) is 1.49. The van der Waals surface area contributed by atoms with Crippen LogP contribution >= 0.6 is 0 Å². The minimum absolute atomic E-state index is 0.0858. The Morgan fingerprint density at radius 1 is 1.22 bits per heavy atom. The SMILES string of the molecule is C=C1C(C(C)=O)=CN(CCO)c2cc(OC)c(NCc3c(F)cccc3F)cc21.CCC. The zero-order valence-electron chi connectivity index (χ0n) is 19.0. The molecule has 5 nitrogen and oxygen atoms in total. The first kappa shape index (κ1) is 25.1. The number of β-amino-alcohol motifs (C(OH)–C–C–N with tert-alkyl or cyclic N) is 1. The van der Waals surface area contributed by atoms with Crippen LogP contribution in [-0.2, 0) is 11.3 Å². The minimum atomic E-state index is -0.644. The second-order valence-corrected chi connectivity index (χ2v) is 7.33. The second kappa shape index (κ2) is 11.4. The molecule has 1 heterocycles. The van der Waals surface area contributed by atoms with Gasteiger partial charge in [-0.25, -0.2) is 8.78 Å². The van der Waals surface area contributed by atoms with E-state index in [-0.39, 0.29) is 31.0 Å². The summed E-state index contributed by atoms with van der Waals surface area (Å²) in [6.07, 6.45) is 2.91. The molecule has 2 aromatic carbocycles. The van der Waals surface area contributed by atoms with E-state index in [1.54, 1.807) is 23.2 Å². The van der Waals surface area contributed by atoms with E-state index in [0.29, 0.717) is 33.8 Å². The Bertz CT molecular complexity index is 998. The Kier molecular flexibility index (Phi) is 8.96. The average molecular weight is 445 g/mol. The van der Waals surface area contributed by atoms with Crippen molar-refractivity contribution in [2.75, 3.05) is 30.5 Å². The number of nitrogens with one attached hydrogen (secondary N) is 1. The van der Waals surface area contributed by atoms with Crippen LogP contribution in [0.2, 0.25) is 0 Å². The summed E-state index contributed by atoms with van der Waals surface area (Å²) in [5, 5.41) is 12.4. The fraction of sp³-hybridized carbons (Fsp3) is 0.320. The lowest BCUT2D eigenvalue weighted by molar-refractivity contribution is -0.113. The lowest BCUT2D eigenvalue weighted by Crippen LogP contribution is -2.26. The van der Waals surface area contributed by atoms with Gasteiger partial charge >= 0.3 is 0 Å². The molecule has 2 aromatic rings. The molecule has 7 heteroatoms. The zero-order chi connectivity index (χ0) is 23.8. The van der Waals surface area contributed by atoms with Crippen molar-refractivity contribution in [3.8, 4) is 5.75 Å². The van der Waals surface area contributed by atoms with Crippen molar-refractivity contribution in [1.29, 1.82) is 0 Å². The maximum Gasteiger partial charge on any atom is 0.161 e. The van der Waals surface area contributed by atoms with E-state index in [4.69, 9.17) is 4.74 Å². The van der Waals surface area contributed by atoms with Gasteiger partial charge in [0.1, 0.15) is 17.4 Å². The first-order valence-corrected chi connectivity index (χ1v) is 10.5. The van der Waals surface area contributed by atoms with Gasteiger partial charge < -0.3 is 20.1 Å². The van der Waals surface area contributed by atoms with E-state index >= 15 is 0 Å². The molecule has 32 heavy (non-hydrogen) atoms.